The first-order valence-electron chi connectivity index (χ1n) is 7.21. The zero-order valence-corrected chi connectivity index (χ0v) is 13.3. The second kappa shape index (κ2) is 5.28. The third-order valence-electron chi connectivity index (χ3n) is 4.19. The molecule has 3 aromatic rings. The lowest BCUT2D eigenvalue weighted by Crippen LogP contribution is -2.10. The monoisotopic (exact) mass is 312 g/mol. The number of hydrogen-bond donors (Lipinski definition) is 0. The van der Waals surface area contributed by atoms with Crippen molar-refractivity contribution < 1.29 is 4.74 Å². The van der Waals surface area contributed by atoms with E-state index < -0.39 is 0 Å². The maximum absolute atomic E-state index is 5.32. The molecule has 1 atom stereocenters. The van der Waals surface area contributed by atoms with E-state index in [1.165, 1.54) is 11.1 Å². The van der Waals surface area contributed by atoms with Gasteiger partial charge in [0.25, 0.3) is 0 Å². The van der Waals surface area contributed by atoms with Crippen molar-refractivity contribution >= 4 is 22.8 Å². The molecule has 0 fully saturated rings. The van der Waals surface area contributed by atoms with Crippen LogP contribution in [0.3, 0.4) is 0 Å². The summed E-state index contributed by atoms with van der Waals surface area (Å²) in [6, 6.07) is 6.54. The van der Waals surface area contributed by atoms with Crippen LogP contribution in [0.5, 0.6) is 5.75 Å². The molecular formula is C16H16N4OS. The first kappa shape index (κ1) is 13.6. The van der Waals surface area contributed by atoms with Crippen molar-refractivity contribution in [1.29, 1.82) is 0 Å². The lowest BCUT2D eigenvalue weighted by Gasteiger charge is -2.13. The summed E-state index contributed by atoms with van der Waals surface area (Å²) in [5.41, 5.74) is 3.57. The molecule has 0 amide bonds. The first-order chi connectivity index (χ1) is 10.8. The quantitative estimate of drug-likeness (QED) is 0.549. The van der Waals surface area contributed by atoms with E-state index >= 15 is 0 Å². The maximum Gasteiger partial charge on any atom is 0.189 e. The number of aryl methyl sites for hydroxylation is 1. The zero-order valence-electron chi connectivity index (χ0n) is 12.5. The van der Waals surface area contributed by atoms with Crippen molar-refractivity contribution in [3.05, 3.63) is 41.7 Å². The van der Waals surface area contributed by atoms with Gasteiger partial charge in [0, 0.05) is 6.20 Å². The van der Waals surface area contributed by atoms with E-state index in [2.05, 4.69) is 27.2 Å². The van der Waals surface area contributed by atoms with Crippen LogP contribution in [0.15, 0.2) is 35.7 Å². The number of fused-ring (bicyclic) bond motifs is 2. The van der Waals surface area contributed by atoms with E-state index in [9.17, 15) is 0 Å². The Balaban J connectivity index is 1.81. The van der Waals surface area contributed by atoms with Crippen LogP contribution in [0.2, 0.25) is 0 Å². The summed E-state index contributed by atoms with van der Waals surface area (Å²) in [5.74, 6) is 0.914. The number of aromatic nitrogens is 4. The predicted octanol–water partition coefficient (Wildman–Crippen LogP) is 3.09. The molecule has 0 bridgehead atoms. The predicted molar refractivity (Wildman–Crippen MR) is 86.6 cm³/mol. The molecule has 2 aromatic heterocycles. The molecule has 6 heteroatoms. The second-order valence-corrected chi connectivity index (χ2v) is 6.12. The molecule has 1 aliphatic carbocycles. The Kier molecular flexibility index (Phi) is 3.26. The second-order valence-electron chi connectivity index (χ2n) is 5.34. The van der Waals surface area contributed by atoms with E-state index in [1.807, 2.05) is 29.4 Å². The van der Waals surface area contributed by atoms with Crippen molar-refractivity contribution in [3.8, 4) is 5.75 Å². The minimum atomic E-state index is 0.239. The molecule has 0 unspecified atom stereocenters. The standard InChI is InChI=1S/C16H16N4OS/c1-21-12-4-5-13-10(7-12)3-6-14(13)20-15-11(9-18-20)8-17-16(19-15)22-2/h4-5,7-9,14H,3,6H2,1-2H3/t14-/m1/s1. The molecule has 0 aliphatic heterocycles. The van der Waals surface area contributed by atoms with Crippen LogP contribution < -0.4 is 4.74 Å². The smallest absolute Gasteiger partial charge is 0.189 e. The van der Waals surface area contributed by atoms with Gasteiger partial charge in [-0.25, -0.2) is 14.6 Å². The Hall–Kier alpha value is -2.08. The lowest BCUT2D eigenvalue weighted by atomic mass is 10.1. The maximum atomic E-state index is 5.32. The molecule has 0 N–H and O–H groups in total. The SMILES string of the molecule is COc1ccc2c(c1)CC[C@H]2n1ncc2cnc(SC)nc21. The van der Waals surface area contributed by atoms with Crippen molar-refractivity contribution in [1.82, 2.24) is 19.7 Å². The molecular weight excluding hydrogens is 296 g/mol. The number of ether oxygens (including phenoxy) is 1. The molecule has 1 aromatic carbocycles. The zero-order chi connectivity index (χ0) is 15.1. The van der Waals surface area contributed by atoms with Crippen LogP contribution in [0, 0.1) is 0 Å². The summed E-state index contributed by atoms with van der Waals surface area (Å²) in [6.07, 6.45) is 7.76. The van der Waals surface area contributed by atoms with Gasteiger partial charge >= 0.3 is 0 Å². The highest BCUT2D eigenvalue weighted by Gasteiger charge is 2.26. The number of methoxy groups -OCH3 is 1. The highest BCUT2D eigenvalue weighted by molar-refractivity contribution is 7.98. The van der Waals surface area contributed by atoms with Gasteiger partial charge in [0.2, 0.25) is 0 Å². The minimum Gasteiger partial charge on any atom is -0.497 e. The lowest BCUT2D eigenvalue weighted by molar-refractivity contribution is 0.414. The van der Waals surface area contributed by atoms with Crippen LogP contribution in [0.25, 0.3) is 11.0 Å². The third kappa shape index (κ3) is 2.06. The Morgan fingerprint density at radius 2 is 2.23 bits per heavy atom. The Bertz CT molecular complexity index is 845. The average Bonchev–Trinajstić information content (AvgIpc) is 3.16. The molecule has 4 rings (SSSR count). The normalized spacial score (nSPS) is 16.9. The van der Waals surface area contributed by atoms with Gasteiger partial charge in [-0.2, -0.15) is 5.10 Å². The molecule has 2 heterocycles. The molecule has 22 heavy (non-hydrogen) atoms. The summed E-state index contributed by atoms with van der Waals surface area (Å²) >= 11 is 1.55. The fourth-order valence-corrected chi connectivity index (χ4v) is 3.43. The van der Waals surface area contributed by atoms with Gasteiger partial charge in [-0.15, -0.1) is 0 Å². The number of thioether (sulfide) groups is 1. The molecule has 0 radical (unpaired) electrons. The van der Waals surface area contributed by atoms with Gasteiger partial charge < -0.3 is 4.74 Å². The topological polar surface area (TPSA) is 52.8 Å². The summed E-state index contributed by atoms with van der Waals surface area (Å²) in [5, 5.41) is 6.33. The van der Waals surface area contributed by atoms with Gasteiger partial charge in [0.05, 0.1) is 24.7 Å². The molecule has 5 nitrogen and oxygen atoms in total. The van der Waals surface area contributed by atoms with Crippen LogP contribution in [0.4, 0.5) is 0 Å². The van der Waals surface area contributed by atoms with Crippen LogP contribution in [-0.2, 0) is 6.42 Å². The van der Waals surface area contributed by atoms with Crippen molar-refractivity contribution in [2.24, 2.45) is 0 Å². The Morgan fingerprint density at radius 3 is 3.05 bits per heavy atom. The first-order valence-corrected chi connectivity index (χ1v) is 8.43. The number of rotatable bonds is 3. The van der Waals surface area contributed by atoms with Crippen molar-refractivity contribution in [2.75, 3.05) is 13.4 Å². The van der Waals surface area contributed by atoms with Crippen molar-refractivity contribution in [3.63, 3.8) is 0 Å². The van der Waals surface area contributed by atoms with Crippen LogP contribution in [-0.4, -0.2) is 33.1 Å². The number of nitrogens with zero attached hydrogens (tertiary/aromatic N) is 4. The summed E-state index contributed by atoms with van der Waals surface area (Å²) in [4.78, 5) is 8.95. The molecule has 1 aliphatic rings. The highest BCUT2D eigenvalue weighted by Crippen LogP contribution is 2.37. The van der Waals surface area contributed by atoms with E-state index in [1.54, 1.807) is 18.9 Å². The van der Waals surface area contributed by atoms with Gasteiger partial charge in [-0.05, 0) is 42.4 Å². The van der Waals surface area contributed by atoms with Gasteiger partial charge in [0.1, 0.15) is 5.75 Å². The van der Waals surface area contributed by atoms with E-state index in [0.717, 1.165) is 34.8 Å². The highest BCUT2D eigenvalue weighted by atomic mass is 32.2. The average molecular weight is 312 g/mol. The number of hydrogen-bond acceptors (Lipinski definition) is 5. The van der Waals surface area contributed by atoms with Crippen molar-refractivity contribution in [2.45, 2.75) is 24.0 Å². The largest absolute Gasteiger partial charge is 0.497 e. The van der Waals surface area contributed by atoms with Gasteiger partial charge in [-0.3, -0.25) is 0 Å². The van der Waals surface area contributed by atoms with Gasteiger partial charge in [-0.1, -0.05) is 17.8 Å². The van der Waals surface area contributed by atoms with E-state index in [-0.39, 0.29) is 6.04 Å². The van der Waals surface area contributed by atoms with Gasteiger partial charge in [0.15, 0.2) is 10.8 Å². The third-order valence-corrected chi connectivity index (χ3v) is 4.75. The molecule has 0 spiro atoms. The van der Waals surface area contributed by atoms with Crippen LogP contribution >= 0.6 is 11.8 Å². The molecule has 0 saturated heterocycles. The Morgan fingerprint density at radius 1 is 1.32 bits per heavy atom. The van der Waals surface area contributed by atoms with Crippen LogP contribution in [0.1, 0.15) is 23.6 Å². The Labute approximate surface area is 132 Å². The molecule has 112 valence electrons. The summed E-state index contributed by atoms with van der Waals surface area (Å²) < 4.78 is 7.36. The fourth-order valence-electron chi connectivity index (χ4n) is 3.10. The number of benzene rings is 1. The van der Waals surface area contributed by atoms with E-state index in [0.29, 0.717) is 0 Å². The summed E-state index contributed by atoms with van der Waals surface area (Å²) in [6.45, 7) is 0. The van der Waals surface area contributed by atoms with E-state index in [4.69, 9.17) is 4.74 Å². The summed E-state index contributed by atoms with van der Waals surface area (Å²) in [7, 11) is 1.70. The fraction of sp³-hybridized carbons (Fsp3) is 0.312. The molecule has 0 saturated carbocycles. The minimum absolute atomic E-state index is 0.239.